The third kappa shape index (κ3) is 2.70. The van der Waals surface area contributed by atoms with E-state index in [4.69, 9.17) is 5.11 Å². The Labute approximate surface area is 110 Å². The number of carbonyl (C=O) groups excluding carboxylic acids is 1. The molecule has 18 heavy (non-hydrogen) atoms. The standard InChI is InChI=1S/C12H17N3O2S/c1-8-11(3-4-16)18-7-15(8)6-10-5-13-9(2)14-12(10)17/h5,7,9,16H,3-4,6H2,1-2H3,(H-,13,14,17)/p+1. The Balaban J connectivity index is 2.12. The van der Waals surface area contributed by atoms with E-state index >= 15 is 0 Å². The zero-order valence-corrected chi connectivity index (χ0v) is 11.4. The minimum absolute atomic E-state index is 0.0141. The van der Waals surface area contributed by atoms with Crippen LogP contribution in [0.25, 0.3) is 0 Å². The van der Waals surface area contributed by atoms with Crippen LogP contribution in [0.2, 0.25) is 0 Å². The number of thiazole rings is 1. The molecule has 0 fully saturated rings. The molecule has 0 radical (unpaired) electrons. The molecule has 1 aliphatic rings. The van der Waals surface area contributed by atoms with Gasteiger partial charge in [-0.1, -0.05) is 11.3 Å². The van der Waals surface area contributed by atoms with Crippen LogP contribution in [0.4, 0.5) is 0 Å². The first-order valence-corrected chi connectivity index (χ1v) is 6.83. The number of rotatable bonds is 4. The van der Waals surface area contributed by atoms with E-state index in [-0.39, 0.29) is 18.7 Å². The Kier molecular flexibility index (Phi) is 3.98. The normalized spacial score (nSPS) is 19.2. The van der Waals surface area contributed by atoms with Crippen molar-refractivity contribution >= 4 is 17.2 Å². The van der Waals surface area contributed by atoms with Gasteiger partial charge in [0, 0.05) is 26.2 Å². The van der Waals surface area contributed by atoms with Crippen LogP contribution in [-0.4, -0.2) is 23.8 Å². The van der Waals surface area contributed by atoms with Gasteiger partial charge in [-0.25, -0.2) is 0 Å². The van der Waals surface area contributed by atoms with E-state index in [1.165, 1.54) is 0 Å². The van der Waals surface area contributed by atoms with Crippen molar-refractivity contribution in [1.82, 2.24) is 10.6 Å². The highest BCUT2D eigenvalue weighted by Crippen LogP contribution is 2.12. The number of aliphatic hydroxyl groups excluding tert-OH is 1. The summed E-state index contributed by atoms with van der Waals surface area (Å²) >= 11 is 1.61. The number of carbonyl (C=O) groups is 1. The molecule has 0 saturated carbocycles. The molecule has 6 heteroatoms. The number of nitrogens with zero attached hydrogens (tertiary/aromatic N) is 1. The molecule has 2 rings (SSSR count). The second-order valence-electron chi connectivity index (χ2n) is 4.36. The second kappa shape index (κ2) is 5.49. The summed E-state index contributed by atoms with van der Waals surface area (Å²) in [6.07, 6.45) is 2.43. The topological polar surface area (TPSA) is 65.2 Å². The van der Waals surface area contributed by atoms with E-state index in [1.807, 2.05) is 23.9 Å². The van der Waals surface area contributed by atoms with Crippen molar-refractivity contribution in [2.24, 2.45) is 0 Å². The van der Waals surface area contributed by atoms with Crippen molar-refractivity contribution in [2.45, 2.75) is 33.0 Å². The molecule has 1 atom stereocenters. The number of hydrogen-bond donors (Lipinski definition) is 3. The Hall–Kier alpha value is -1.40. The van der Waals surface area contributed by atoms with E-state index in [9.17, 15) is 4.79 Å². The minimum atomic E-state index is -0.0249. The van der Waals surface area contributed by atoms with Crippen molar-refractivity contribution in [3.05, 3.63) is 27.9 Å². The van der Waals surface area contributed by atoms with E-state index in [2.05, 4.69) is 10.6 Å². The van der Waals surface area contributed by atoms with E-state index < -0.39 is 0 Å². The molecule has 0 aliphatic carbocycles. The van der Waals surface area contributed by atoms with Gasteiger partial charge in [0.1, 0.15) is 0 Å². The predicted octanol–water partition coefficient (Wildman–Crippen LogP) is -0.172. The summed E-state index contributed by atoms with van der Waals surface area (Å²) in [4.78, 5) is 12.9. The maximum Gasteiger partial charge on any atom is 0.256 e. The van der Waals surface area contributed by atoms with Crippen LogP contribution < -0.4 is 15.2 Å². The highest BCUT2D eigenvalue weighted by Gasteiger charge is 2.23. The average Bonchev–Trinajstić information content (AvgIpc) is 2.66. The van der Waals surface area contributed by atoms with Crippen LogP contribution in [0.3, 0.4) is 0 Å². The van der Waals surface area contributed by atoms with Gasteiger partial charge in [0.05, 0.1) is 16.6 Å². The van der Waals surface area contributed by atoms with Gasteiger partial charge < -0.3 is 15.7 Å². The van der Waals surface area contributed by atoms with Gasteiger partial charge in [0.25, 0.3) is 5.91 Å². The van der Waals surface area contributed by atoms with Crippen molar-refractivity contribution in [3.8, 4) is 0 Å². The van der Waals surface area contributed by atoms with E-state index in [1.54, 1.807) is 17.5 Å². The number of hydrogen-bond acceptors (Lipinski definition) is 4. The maximum absolute atomic E-state index is 11.8. The zero-order valence-electron chi connectivity index (χ0n) is 10.6. The molecular formula is C12H18N3O2S+. The molecule has 1 aliphatic heterocycles. The minimum Gasteiger partial charge on any atom is -0.396 e. The molecule has 3 N–H and O–H groups in total. The molecule has 1 aromatic heterocycles. The zero-order chi connectivity index (χ0) is 13.1. The fourth-order valence-electron chi connectivity index (χ4n) is 1.87. The van der Waals surface area contributed by atoms with Gasteiger partial charge >= 0.3 is 0 Å². The second-order valence-corrected chi connectivity index (χ2v) is 5.30. The number of aliphatic hydroxyl groups is 1. The van der Waals surface area contributed by atoms with Crippen LogP contribution in [-0.2, 0) is 17.8 Å². The summed E-state index contributed by atoms with van der Waals surface area (Å²) < 4.78 is 2.04. The van der Waals surface area contributed by atoms with Crippen LogP contribution in [0.5, 0.6) is 0 Å². The van der Waals surface area contributed by atoms with Gasteiger partial charge in [-0.3, -0.25) is 4.79 Å². The van der Waals surface area contributed by atoms with Crippen LogP contribution in [0, 0.1) is 6.92 Å². The fraction of sp³-hybridized carbons (Fsp3) is 0.500. The third-order valence-electron chi connectivity index (χ3n) is 2.98. The molecule has 0 aromatic carbocycles. The van der Waals surface area contributed by atoms with Crippen molar-refractivity contribution < 1.29 is 14.5 Å². The lowest BCUT2D eigenvalue weighted by atomic mass is 10.2. The maximum atomic E-state index is 11.8. The van der Waals surface area contributed by atoms with Crippen LogP contribution in [0.1, 0.15) is 17.5 Å². The largest absolute Gasteiger partial charge is 0.396 e. The molecule has 1 amide bonds. The van der Waals surface area contributed by atoms with Crippen LogP contribution in [0.15, 0.2) is 17.3 Å². The molecule has 1 unspecified atom stereocenters. The molecule has 0 saturated heterocycles. The molecule has 0 spiro atoms. The van der Waals surface area contributed by atoms with Crippen molar-refractivity contribution in [3.63, 3.8) is 0 Å². The third-order valence-corrected chi connectivity index (χ3v) is 4.13. The Morgan fingerprint density at radius 3 is 3.00 bits per heavy atom. The van der Waals surface area contributed by atoms with Gasteiger partial charge in [-0.15, -0.1) is 0 Å². The van der Waals surface area contributed by atoms with Gasteiger partial charge in [-0.2, -0.15) is 4.57 Å². The van der Waals surface area contributed by atoms with Crippen LogP contribution >= 0.6 is 11.3 Å². The van der Waals surface area contributed by atoms with E-state index in [0.29, 0.717) is 13.0 Å². The van der Waals surface area contributed by atoms with E-state index in [0.717, 1.165) is 16.1 Å². The highest BCUT2D eigenvalue weighted by molar-refractivity contribution is 7.09. The van der Waals surface area contributed by atoms with Crippen molar-refractivity contribution in [1.29, 1.82) is 0 Å². The Morgan fingerprint density at radius 1 is 1.56 bits per heavy atom. The monoisotopic (exact) mass is 268 g/mol. The smallest absolute Gasteiger partial charge is 0.256 e. The first-order chi connectivity index (χ1) is 8.61. The summed E-state index contributed by atoms with van der Waals surface area (Å²) in [7, 11) is 0. The number of aromatic nitrogens is 1. The molecule has 1 aromatic rings. The van der Waals surface area contributed by atoms with Crippen molar-refractivity contribution in [2.75, 3.05) is 6.61 Å². The lowest BCUT2D eigenvalue weighted by Gasteiger charge is -2.20. The molecule has 2 heterocycles. The Bertz CT molecular complexity index is 482. The lowest BCUT2D eigenvalue weighted by Crippen LogP contribution is -2.49. The average molecular weight is 268 g/mol. The fourth-order valence-corrected chi connectivity index (χ4v) is 2.86. The first kappa shape index (κ1) is 13.0. The molecule has 5 nitrogen and oxygen atoms in total. The van der Waals surface area contributed by atoms with Gasteiger partial charge in [0.15, 0.2) is 12.2 Å². The van der Waals surface area contributed by atoms with Gasteiger partial charge in [-0.05, 0) is 6.92 Å². The SMILES string of the molecule is Cc1c(CCO)sc[n+]1CC1=CNC(C)NC1=O. The molecular weight excluding hydrogens is 250 g/mol. The Morgan fingerprint density at radius 2 is 2.33 bits per heavy atom. The molecule has 98 valence electrons. The van der Waals surface area contributed by atoms with Gasteiger partial charge in [0.2, 0.25) is 5.51 Å². The summed E-state index contributed by atoms with van der Waals surface area (Å²) in [5.41, 5.74) is 3.82. The summed E-state index contributed by atoms with van der Waals surface area (Å²) in [5, 5.41) is 14.9. The molecule has 0 bridgehead atoms. The summed E-state index contributed by atoms with van der Waals surface area (Å²) in [5.74, 6) is -0.0249. The highest BCUT2D eigenvalue weighted by atomic mass is 32.1. The first-order valence-electron chi connectivity index (χ1n) is 5.95. The number of amides is 1. The number of nitrogens with one attached hydrogen (secondary N) is 2. The lowest BCUT2D eigenvalue weighted by molar-refractivity contribution is -0.689. The summed E-state index contributed by atoms with van der Waals surface area (Å²) in [6.45, 7) is 4.62. The summed E-state index contributed by atoms with van der Waals surface area (Å²) in [6, 6.07) is 0. The predicted molar refractivity (Wildman–Crippen MR) is 68.9 cm³/mol. The quantitative estimate of drug-likeness (QED) is 0.664.